The number of ether oxygens (including phenoxy) is 2. The summed E-state index contributed by atoms with van der Waals surface area (Å²) in [6.07, 6.45) is 14.2. The van der Waals surface area contributed by atoms with Crippen molar-refractivity contribution in [2.75, 3.05) is 45.9 Å². The van der Waals surface area contributed by atoms with Gasteiger partial charge in [0.25, 0.3) is 0 Å². The molecule has 6 fully saturated rings. The molecule has 2 saturated heterocycles. The lowest BCUT2D eigenvalue weighted by Crippen LogP contribution is -3.00. The fourth-order valence-corrected chi connectivity index (χ4v) is 11.5. The van der Waals surface area contributed by atoms with Gasteiger partial charge in [0.1, 0.15) is 6.10 Å². The molecule has 4 saturated carbocycles. The summed E-state index contributed by atoms with van der Waals surface area (Å²) in [6, 6.07) is 0.637. The summed E-state index contributed by atoms with van der Waals surface area (Å²) in [6.45, 7) is 17.6. The highest BCUT2D eigenvalue weighted by Crippen LogP contribution is 2.67. The quantitative estimate of drug-likeness (QED) is 0.288. The maximum atomic E-state index is 12.6. The highest BCUT2D eigenvalue weighted by molar-refractivity contribution is 5.66. The van der Waals surface area contributed by atoms with E-state index in [0.29, 0.717) is 36.4 Å². The van der Waals surface area contributed by atoms with Crippen LogP contribution < -0.4 is 17.0 Å². The SMILES string of the molecule is C=CC[N+]1([C@H]2CC3C4CC[C@H]5C[C@H](O)[C@@H](N6CCOCC6)C(OC(C)=O)[C@]5(C)C4CC[C@]3(C)C2)CCCCC1.[Br-]. The maximum Gasteiger partial charge on any atom is 0.302 e. The second-order valence-electron chi connectivity index (χ2n) is 15.0. The molecule has 0 spiro atoms. The van der Waals surface area contributed by atoms with Crippen LogP contribution in [0.4, 0.5) is 0 Å². The van der Waals surface area contributed by atoms with E-state index in [1.54, 1.807) is 6.92 Å². The number of halogens is 1. The van der Waals surface area contributed by atoms with Crippen molar-refractivity contribution in [2.45, 2.75) is 109 Å². The summed E-state index contributed by atoms with van der Waals surface area (Å²) in [5.74, 6) is 2.23. The van der Waals surface area contributed by atoms with Crippen LogP contribution >= 0.6 is 0 Å². The van der Waals surface area contributed by atoms with Crippen LogP contribution in [0.3, 0.4) is 0 Å². The number of aliphatic hydroxyl groups is 1. The number of nitrogens with zero attached hydrogens (tertiary/aromatic N) is 2. The molecular weight excluding hydrogens is 568 g/mol. The van der Waals surface area contributed by atoms with Crippen LogP contribution in [0.15, 0.2) is 12.7 Å². The van der Waals surface area contributed by atoms with Crippen molar-refractivity contribution in [3.63, 3.8) is 0 Å². The maximum absolute atomic E-state index is 12.6. The van der Waals surface area contributed by atoms with Crippen molar-refractivity contribution in [3.05, 3.63) is 12.7 Å². The Labute approximate surface area is 253 Å². The molecule has 0 aromatic heterocycles. The lowest BCUT2D eigenvalue weighted by Gasteiger charge is -2.64. The van der Waals surface area contributed by atoms with Crippen molar-refractivity contribution in [2.24, 2.45) is 34.5 Å². The van der Waals surface area contributed by atoms with E-state index in [0.717, 1.165) is 44.4 Å². The number of morpholine rings is 1. The molecular formula is C33H55BrN2O4. The Morgan fingerprint density at radius 1 is 1.10 bits per heavy atom. The minimum atomic E-state index is -0.450. The van der Waals surface area contributed by atoms with Crippen LogP contribution in [-0.2, 0) is 14.3 Å². The molecule has 4 unspecified atom stereocenters. The molecule has 0 aromatic rings. The zero-order valence-corrected chi connectivity index (χ0v) is 27.0. The summed E-state index contributed by atoms with van der Waals surface area (Å²) in [4.78, 5) is 15.0. The van der Waals surface area contributed by atoms with Crippen LogP contribution in [0.5, 0.6) is 0 Å². The Balaban J connectivity index is 0.00000323. The number of aliphatic hydroxyl groups excluding tert-OH is 1. The predicted octanol–water partition coefficient (Wildman–Crippen LogP) is 1.80. The van der Waals surface area contributed by atoms with Gasteiger partial charge >= 0.3 is 5.97 Å². The predicted molar refractivity (Wildman–Crippen MR) is 153 cm³/mol. The fraction of sp³-hybridized carbons (Fsp3) is 0.909. The van der Waals surface area contributed by atoms with Crippen LogP contribution in [0.25, 0.3) is 0 Å². The van der Waals surface area contributed by atoms with Gasteiger partial charge in [0, 0.05) is 38.3 Å². The molecule has 2 heterocycles. The number of esters is 1. The van der Waals surface area contributed by atoms with E-state index in [2.05, 4.69) is 31.4 Å². The first-order chi connectivity index (χ1) is 18.7. The van der Waals surface area contributed by atoms with Gasteiger partial charge in [-0.05, 0) is 86.5 Å². The molecule has 6 rings (SSSR count). The average Bonchev–Trinajstić information content (AvgIpc) is 3.29. The molecule has 10 atom stereocenters. The fourth-order valence-electron chi connectivity index (χ4n) is 11.5. The highest BCUT2D eigenvalue weighted by Gasteiger charge is 2.66. The average molecular weight is 624 g/mol. The second kappa shape index (κ2) is 11.9. The third kappa shape index (κ3) is 5.06. The number of carbonyl (C=O) groups excluding carboxylic acids is 1. The minimum Gasteiger partial charge on any atom is -1.00 e. The first kappa shape index (κ1) is 31.0. The number of rotatable bonds is 5. The van der Waals surface area contributed by atoms with Crippen molar-refractivity contribution >= 4 is 5.97 Å². The Morgan fingerprint density at radius 3 is 2.50 bits per heavy atom. The van der Waals surface area contributed by atoms with E-state index in [9.17, 15) is 9.90 Å². The molecule has 1 N–H and O–H groups in total. The number of likely N-dealkylation sites (tertiary alicyclic amines) is 1. The van der Waals surface area contributed by atoms with E-state index >= 15 is 0 Å². The van der Waals surface area contributed by atoms with E-state index in [4.69, 9.17) is 9.47 Å². The molecule has 0 bridgehead atoms. The summed E-state index contributed by atoms with van der Waals surface area (Å²) in [5, 5.41) is 11.5. The molecule has 0 radical (unpaired) electrons. The lowest BCUT2D eigenvalue weighted by atomic mass is 9.44. The largest absolute Gasteiger partial charge is 1.00 e. The smallest absolute Gasteiger partial charge is 0.302 e. The number of carbonyl (C=O) groups is 1. The van der Waals surface area contributed by atoms with Crippen LogP contribution in [0.2, 0.25) is 0 Å². The highest BCUT2D eigenvalue weighted by atomic mass is 79.9. The molecule has 0 aromatic carbocycles. The number of piperidine rings is 1. The number of quaternary nitrogens is 1. The lowest BCUT2D eigenvalue weighted by molar-refractivity contribution is -0.950. The summed E-state index contributed by atoms with van der Waals surface area (Å²) in [7, 11) is 0. The van der Waals surface area contributed by atoms with E-state index in [1.165, 1.54) is 68.9 Å². The van der Waals surface area contributed by atoms with Crippen molar-refractivity contribution in [3.8, 4) is 0 Å². The normalized spacial score (nSPS) is 46.7. The van der Waals surface area contributed by atoms with E-state index in [-0.39, 0.29) is 40.5 Å². The zero-order valence-electron chi connectivity index (χ0n) is 25.4. The molecule has 228 valence electrons. The first-order valence-corrected chi connectivity index (χ1v) is 16.4. The Kier molecular flexibility index (Phi) is 9.21. The summed E-state index contributed by atoms with van der Waals surface area (Å²) < 4.78 is 13.3. The van der Waals surface area contributed by atoms with Gasteiger partial charge in [0.05, 0.1) is 51.0 Å². The molecule has 4 aliphatic carbocycles. The minimum absolute atomic E-state index is 0. The van der Waals surface area contributed by atoms with Gasteiger partial charge in [-0.15, -0.1) is 0 Å². The monoisotopic (exact) mass is 622 g/mol. The summed E-state index contributed by atoms with van der Waals surface area (Å²) in [5.41, 5.74) is 0.336. The number of hydrogen-bond acceptors (Lipinski definition) is 5. The van der Waals surface area contributed by atoms with Crippen LogP contribution in [0, 0.1) is 34.5 Å². The molecule has 6 aliphatic rings. The first-order valence-electron chi connectivity index (χ1n) is 16.4. The molecule has 6 nitrogen and oxygen atoms in total. The topological polar surface area (TPSA) is 59.0 Å². The van der Waals surface area contributed by atoms with Crippen LogP contribution in [0.1, 0.15) is 85.0 Å². The number of fused-ring (bicyclic) bond motifs is 5. The van der Waals surface area contributed by atoms with E-state index in [1.807, 2.05) is 0 Å². The third-order valence-corrected chi connectivity index (χ3v) is 13.3. The van der Waals surface area contributed by atoms with Gasteiger partial charge < -0.3 is 36.0 Å². The molecule has 0 amide bonds. The van der Waals surface area contributed by atoms with Gasteiger partial charge in [-0.2, -0.15) is 0 Å². The second-order valence-corrected chi connectivity index (χ2v) is 15.0. The molecule has 7 heteroatoms. The van der Waals surface area contributed by atoms with Gasteiger partial charge in [0.15, 0.2) is 0 Å². The zero-order chi connectivity index (χ0) is 27.4. The van der Waals surface area contributed by atoms with Gasteiger partial charge in [0.2, 0.25) is 0 Å². The Bertz CT molecular complexity index is 920. The molecule has 2 aliphatic heterocycles. The third-order valence-electron chi connectivity index (χ3n) is 13.3. The van der Waals surface area contributed by atoms with Crippen molar-refractivity contribution in [1.29, 1.82) is 0 Å². The van der Waals surface area contributed by atoms with Gasteiger partial charge in [-0.25, -0.2) is 0 Å². The van der Waals surface area contributed by atoms with Crippen molar-refractivity contribution in [1.82, 2.24) is 4.90 Å². The van der Waals surface area contributed by atoms with E-state index < -0.39 is 6.10 Å². The summed E-state index contributed by atoms with van der Waals surface area (Å²) >= 11 is 0. The van der Waals surface area contributed by atoms with Gasteiger partial charge in [-0.1, -0.05) is 20.4 Å². The Morgan fingerprint density at radius 2 is 1.82 bits per heavy atom. The number of hydrogen-bond donors (Lipinski definition) is 1. The molecule has 40 heavy (non-hydrogen) atoms. The van der Waals surface area contributed by atoms with Gasteiger partial charge in [-0.3, -0.25) is 9.69 Å². The standard InChI is InChI=1S/C33H55N2O4.BrH/c1-5-15-35(16-7-6-8-17-35)25-21-28-26-10-9-24-20-29(37)30(34-13-18-38-19-14-34)31(39-23(2)36)33(24,4)27(26)11-12-32(28,3)22-25;/h5,24-31,37H,1,6-22H2,2-4H3;1H/q+1;/p-1/t24-,25-,26?,27?,28?,29-,30+,31?,32+,33-;/m0./s1. The Hall–Kier alpha value is -0.470. The van der Waals surface area contributed by atoms with Crippen molar-refractivity contribution < 1.29 is 40.8 Å². The van der Waals surface area contributed by atoms with Crippen LogP contribution in [-0.4, -0.2) is 90.7 Å².